The second-order valence-electron chi connectivity index (χ2n) is 6.13. The molecule has 2 aliphatic rings. The minimum absolute atomic E-state index is 0.0499. The molecule has 0 saturated carbocycles. The first-order valence-corrected chi connectivity index (χ1v) is 8.37. The fraction of sp³-hybridized carbons (Fsp3) is 0.389. The van der Waals surface area contributed by atoms with Crippen LogP contribution in [-0.2, 0) is 11.2 Å². The first-order chi connectivity index (χ1) is 12.3. The van der Waals surface area contributed by atoms with Gasteiger partial charge in [-0.25, -0.2) is 4.98 Å². The van der Waals surface area contributed by atoms with Crippen molar-refractivity contribution in [2.75, 3.05) is 19.9 Å². The number of carbonyl (C=O) groups excluding carboxylic acids is 1. The third-order valence-electron chi connectivity index (χ3n) is 4.35. The van der Waals surface area contributed by atoms with Crippen LogP contribution in [0.1, 0.15) is 18.4 Å². The normalized spacial score (nSPS) is 18.9. The minimum atomic E-state index is -0.0499. The van der Waals surface area contributed by atoms with Gasteiger partial charge in [-0.3, -0.25) is 9.78 Å². The fourth-order valence-corrected chi connectivity index (χ4v) is 3.12. The van der Waals surface area contributed by atoms with Crippen LogP contribution in [0.15, 0.2) is 36.8 Å². The lowest BCUT2D eigenvalue weighted by Gasteiger charge is -2.32. The zero-order chi connectivity index (χ0) is 17.1. The summed E-state index contributed by atoms with van der Waals surface area (Å²) in [6.07, 6.45) is 6.91. The molecule has 2 aromatic rings. The van der Waals surface area contributed by atoms with Crippen LogP contribution in [0.25, 0.3) is 0 Å². The lowest BCUT2D eigenvalue weighted by atomic mass is 10.1. The van der Waals surface area contributed by atoms with Gasteiger partial charge in [-0.15, -0.1) is 0 Å². The second kappa shape index (κ2) is 6.96. The molecule has 7 heteroatoms. The fourth-order valence-electron chi connectivity index (χ4n) is 3.12. The molecule has 0 spiro atoms. The van der Waals surface area contributed by atoms with Crippen LogP contribution < -0.4 is 14.2 Å². The van der Waals surface area contributed by atoms with Gasteiger partial charge in [0.25, 0.3) is 0 Å². The van der Waals surface area contributed by atoms with Gasteiger partial charge in [-0.2, -0.15) is 0 Å². The number of rotatable bonds is 4. The predicted octanol–water partition coefficient (Wildman–Crippen LogP) is 1.82. The Morgan fingerprint density at radius 1 is 1.28 bits per heavy atom. The zero-order valence-corrected chi connectivity index (χ0v) is 13.8. The van der Waals surface area contributed by atoms with E-state index in [1.54, 1.807) is 18.6 Å². The topological polar surface area (TPSA) is 73.8 Å². The molecule has 1 aromatic heterocycles. The lowest BCUT2D eigenvalue weighted by molar-refractivity contribution is -0.133. The molecule has 0 bridgehead atoms. The van der Waals surface area contributed by atoms with Gasteiger partial charge in [0.15, 0.2) is 11.5 Å². The predicted molar refractivity (Wildman–Crippen MR) is 88.5 cm³/mol. The molecule has 1 aromatic carbocycles. The molecular weight excluding hydrogens is 322 g/mol. The third-order valence-corrected chi connectivity index (χ3v) is 4.35. The molecule has 1 fully saturated rings. The van der Waals surface area contributed by atoms with Crippen LogP contribution >= 0.6 is 0 Å². The van der Waals surface area contributed by atoms with Crippen LogP contribution in [-0.4, -0.2) is 46.8 Å². The molecule has 1 saturated heterocycles. The van der Waals surface area contributed by atoms with E-state index in [0.717, 1.165) is 30.7 Å². The van der Waals surface area contributed by atoms with E-state index in [2.05, 4.69) is 9.97 Å². The van der Waals surface area contributed by atoms with Crippen LogP contribution in [0.4, 0.5) is 0 Å². The number of piperidine rings is 1. The van der Waals surface area contributed by atoms with E-state index in [9.17, 15) is 4.79 Å². The SMILES string of the molecule is O=C(Cc1ccc2c(c1)OCO2)N1CCCC(Oc2cnccn2)C1. The second-order valence-corrected chi connectivity index (χ2v) is 6.13. The van der Waals surface area contributed by atoms with Crippen molar-refractivity contribution in [3.63, 3.8) is 0 Å². The maximum absolute atomic E-state index is 12.6. The van der Waals surface area contributed by atoms with E-state index in [1.165, 1.54) is 0 Å². The van der Waals surface area contributed by atoms with Gasteiger partial charge in [0, 0.05) is 18.9 Å². The zero-order valence-electron chi connectivity index (χ0n) is 13.8. The molecule has 3 heterocycles. The molecule has 1 atom stereocenters. The van der Waals surface area contributed by atoms with Gasteiger partial charge < -0.3 is 19.1 Å². The Labute approximate surface area is 145 Å². The summed E-state index contributed by atoms with van der Waals surface area (Å²) in [5.74, 6) is 2.02. The summed E-state index contributed by atoms with van der Waals surface area (Å²) in [4.78, 5) is 22.6. The van der Waals surface area contributed by atoms with Crippen molar-refractivity contribution in [2.24, 2.45) is 0 Å². The average Bonchev–Trinajstić information content (AvgIpc) is 3.10. The van der Waals surface area contributed by atoms with Gasteiger partial charge in [-0.1, -0.05) is 6.07 Å². The number of hydrogen-bond acceptors (Lipinski definition) is 6. The summed E-state index contributed by atoms with van der Waals surface area (Å²) < 4.78 is 16.5. The highest BCUT2D eigenvalue weighted by molar-refractivity contribution is 5.79. The van der Waals surface area contributed by atoms with Crippen molar-refractivity contribution in [2.45, 2.75) is 25.4 Å². The number of aromatic nitrogens is 2. The third kappa shape index (κ3) is 3.65. The standard InChI is InChI=1S/C18H19N3O4/c22-18(9-13-3-4-15-16(8-13)24-12-23-15)21-7-1-2-14(11-21)25-17-10-19-5-6-20-17/h3-6,8,10,14H,1-2,7,9,11-12H2. The van der Waals surface area contributed by atoms with Gasteiger partial charge in [0.05, 0.1) is 19.2 Å². The van der Waals surface area contributed by atoms with Gasteiger partial charge in [0.2, 0.25) is 18.6 Å². The number of fused-ring (bicyclic) bond motifs is 1. The first-order valence-electron chi connectivity index (χ1n) is 8.37. The van der Waals surface area contributed by atoms with Gasteiger partial charge in [0.1, 0.15) is 6.10 Å². The molecule has 2 aliphatic heterocycles. The molecule has 4 rings (SSSR count). The number of nitrogens with zero attached hydrogens (tertiary/aromatic N) is 3. The Morgan fingerprint density at radius 2 is 2.20 bits per heavy atom. The van der Waals surface area contributed by atoms with Crippen molar-refractivity contribution in [1.82, 2.24) is 14.9 Å². The van der Waals surface area contributed by atoms with Crippen molar-refractivity contribution < 1.29 is 19.0 Å². The molecule has 25 heavy (non-hydrogen) atoms. The summed E-state index contributed by atoms with van der Waals surface area (Å²) >= 11 is 0. The number of carbonyl (C=O) groups is 1. The van der Waals surface area contributed by atoms with E-state index < -0.39 is 0 Å². The Morgan fingerprint density at radius 3 is 3.08 bits per heavy atom. The average molecular weight is 341 g/mol. The monoisotopic (exact) mass is 341 g/mol. The van der Waals surface area contributed by atoms with Gasteiger partial charge in [-0.05, 0) is 30.5 Å². The highest BCUT2D eigenvalue weighted by Crippen LogP contribution is 2.32. The van der Waals surface area contributed by atoms with Crippen molar-refractivity contribution >= 4 is 5.91 Å². The molecule has 0 aliphatic carbocycles. The van der Waals surface area contributed by atoms with E-state index in [4.69, 9.17) is 14.2 Å². The quantitative estimate of drug-likeness (QED) is 0.844. The molecule has 0 N–H and O–H groups in total. The summed E-state index contributed by atoms with van der Waals surface area (Å²) in [7, 11) is 0. The molecule has 1 amide bonds. The minimum Gasteiger partial charge on any atom is -0.471 e. The summed E-state index contributed by atoms with van der Waals surface area (Å²) in [5.41, 5.74) is 0.922. The highest BCUT2D eigenvalue weighted by Gasteiger charge is 2.25. The molecule has 130 valence electrons. The van der Waals surface area contributed by atoms with Crippen molar-refractivity contribution in [3.05, 3.63) is 42.4 Å². The van der Waals surface area contributed by atoms with E-state index >= 15 is 0 Å². The summed E-state index contributed by atoms with van der Waals surface area (Å²) in [6, 6.07) is 5.63. The number of hydrogen-bond donors (Lipinski definition) is 0. The molecule has 7 nitrogen and oxygen atoms in total. The summed E-state index contributed by atoms with van der Waals surface area (Å²) in [6.45, 7) is 1.56. The van der Waals surface area contributed by atoms with Crippen LogP contribution in [0, 0.1) is 0 Å². The van der Waals surface area contributed by atoms with Crippen LogP contribution in [0.2, 0.25) is 0 Å². The number of likely N-dealkylation sites (tertiary alicyclic amines) is 1. The Kier molecular flexibility index (Phi) is 4.37. The van der Waals surface area contributed by atoms with E-state index in [1.807, 2.05) is 23.1 Å². The first kappa shape index (κ1) is 15.7. The van der Waals surface area contributed by atoms with Crippen LogP contribution in [0.3, 0.4) is 0 Å². The van der Waals surface area contributed by atoms with Gasteiger partial charge >= 0.3 is 0 Å². The molecule has 0 radical (unpaired) electrons. The molecule has 1 unspecified atom stereocenters. The Bertz CT molecular complexity index is 753. The Balaban J connectivity index is 1.36. The van der Waals surface area contributed by atoms with E-state index in [0.29, 0.717) is 24.6 Å². The van der Waals surface area contributed by atoms with Crippen molar-refractivity contribution in [1.29, 1.82) is 0 Å². The highest BCUT2D eigenvalue weighted by atomic mass is 16.7. The number of ether oxygens (including phenoxy) is 3. The smallest absolute Gasteiger partial charge is 0.232 e. The number of benzene rings is 1. The Hall–Kier alpha value is -2.83. The number of amides is 1. The largest absolute Gasteiger partial charge is 0.471 e. The lowest BCUT2D eigenvalue weighted by Crippen LogP contribution is -2.45. The maximum atomic E-state index is 12.6. The van der Waals surface area contributed by atoms with E-state index in [-0.39, 0.29) is 18.8 Å². The van der Waals surface area contributed by atoms with Crippen LogP contribution in [0.5, 0.6) is 17.4 Å². The maximum Gasteiger partial charge on any atom is 0.232 e. The van der Waals surface area contributed by atoms with Crippen molar-refractivity contribution in [3.8, 4) is 17.4 Å². The summed E-state index contributed by atoms with van der Waals surface area (Å²) in [5, 5.41) is 0. The molecular formula is C18H19N3O4.